The number of nitrogens with two attached hydrogens (primary N) is 2. The molecule has 5 aliphatic rings. The maximum absolute atomic E-state index is 14.4. The quantitative estimate of drug-likeness (QED) is 0.514. The molecule has 1 aromatic carbocycles. The highest BCUT2D eigenvalue weighted by Crippen LogP contribution is 2.51. The third kappa shape index (κ3) is 4.21. The Morgan fingerprint density at radius 1 is 1.26 bits per heavy atom. The van der Waals surface area contributed by atoms with Gasteiger partial charge < -0.3 is 25.8 Å². The smallest absolute Gasteiger partial charge is 0.318 e. The molecule has 3 fully saturated rings. The van der Waals surface area contributed by atoms with E-state index < -0.39 is 17.8 Å². The summed E-state index contributed by atoms with van der Waals surface area (Å²) in [7, 11) is 0. The van der Waals surface area contributed by atoms with E-state index in [1.807, 2.05) is 17.0 Å². The van der Waals surface area contributed by atoms with Crippen LogP contribution in [0, 0.1) is 11.3 Å². The van der Waals surface area contributed by atoms with Gasteiger partial charge in [-0.05, 0) is 62.6 Å². The van der Waals surface area contributed by atoms with Gasteiger partial charge in [-0.2, -0.15) is 15.2 Å². The molecule has 5 unspecified atom stereocenters. The van der Waals surface area contributed by atoms with E-state index in [4.69, 9.17) is 30.9 Å². The minimum Gasteiger partial charge on any atom is -0.461 e. The zero-order valence-corrected chi connectivity index (χ0v) is 24.1. The van der Waals surface area contributed by atoms with Crippen LogP contribution >= 0.6 is 0 Å². The van der Waals surface area contributed by atoms with Crippen LogP contribution in [-0.2, 0) is 28.2 Å². The second-order valence-electron chi connectivity index (χ2n) is 12.9. The van der Waals surface area contributed by atoms with E-state index in [0.717, 1.165) is 61.0 Å². The lowest BCUT2D eigenvalue weighted by molar-refractivity contribution is -0.119. The molecule has 0 saturated carbocycles. The Morgan fingerprint density at radius 2 is 2.12 bits per heavy atom. The molecule has 2 aromatic rings. The van der Waals surface area contributed by atoms with Gasteiger partial charge >= 0.3 is 6.01 Å². The molecule has 1 aromatic heterocycles. The Labute approximate surface area is 245 Å². The van der Waals surface area contributed by atoms with Crippen LogP contribution in [0.25, 0.3) is 0 Å². The van der Waals surface area contributed by atoms with Crippen LogP contribution in [0.3, 0.4) is 0 Å². The summed E-state index contributed by atoms with van der Waals surface area (Å²) in [5, 5.41) is 10.1. The average Bonchev–Trinajstić information content (AvgIpc) is 3.68. The molecular weight excluding hydrogens is 537 g/mol. The number of halogens is 1. The Hall–Kier alpha value is -3.49. The first-order valence-electron chi connectivity index (χ1n) is 15.2. The van der Waals surface area contributed by atoms with Crippen molar-refractivity contribution in [2.45, 2.75) is 94.2 Å². The number of alkyl halides is 1. The number of amides is 1. The fraction of sp³-hybridized carbons (Fsp3) is 0.613. The Bertz CT molecular complexity index is 1480. The minimum atomic E-state index is -0.859. The van der Waals surface area contributed by atoms with E-state index in [9.17, 15) is 14.4 Å². The second kappa shape index (κ2) is 10.1. The lowest BCUT2D eigenvalue weighted by Gasteiger charge is -2.45. The number of hydrogen-bond donors (Lipinski definition) is 2. The third-order valence-corrected chi connectivity index (χ3v) is 10.4. The summed E-state index contributed by atoms with van der Waals surface area (Å²) in [6.07, 6.45) is 5.00. The van der Waals surface area contributed by atoms with Gasteiger partial charge in [0.2, 0.25) is 5.91 Å². The second-order valence-corrected chi connectivity index (χ2v) is 12.9. The zero-order valence-electron chi connectivity index (χ0n) is 24.1. The normalized spacial score (nSPS) is 31.9. The SMILES string of the molecule is CC1CCC2(Cc3nc(OCC45CCCN4CC(F)C5)nc(N4CCCC4C(N)=O)c3CO2)c2c1ccc(N)c2C#N. The standard InChI is InChI=1S/C31H38FN7O3/c1-18-7-9-31(26-20(18)5-6-23(34)21(26)14-33)13-24-22(16-42-31)28(39-11-2-4-25(39)27(35)40)37-29(36-24)41-17-30-8-3-10-38(30)15-19(32)12-30/h5-6,18-19,25H,2-4,7-13,15-17,34H2,1H3,(H2,35,40). The predicted molar refractivity (Wildman–Crippen MR) is 154 cm³/mol. The van der Waals surface area contributed by atoms with E-state index in [2.05, 4.69) is 17.9 Å². The van der Waals surface area contributed by atoms with Crippen molar-refractivity contribution >= 4 is 17.4 Å². The highest BCUT2D eigenvalue weighted by molar-refractivity contribution is 5.84. The maximum atomic E-state index is 14.4. The van der Waals surface area contributed by atoms with Crippen molar-refractivity contribution in [2.75, 3.05) is 36.9 Å². The lowest BCUT2D eigenvalue weighted by atomic mass is 9.69. The predicted octanol–water partition coefficient (Wildman–Crippen LogP) is 3.21. The Morgan fingerprint density at radius 3 is 2.93 bits per heavy atom. The molecule has 1 amide bonds. The van der Waals surface area contributed by atoms with Gasteiger partial charge in [-0.3, -0.25) is 9.69 Å². The number of fused-ring (bicyclic) bond motifs is 4. The lowest BCUT2D eigenvalue weighted by Crippen LogP contribution is -2.45. The summed E-state index contributed by atoms with van der Waals surface area (Å²) in [5.41, 5.74) is 15.4. The summed E-state index contributed by atoms with van der Waals surface area (Å²) < 4.78 is 27.5. The number of ether oxygens (including phenoxy) is 2. The summed E-state index contributed by atoms with van der Waals surface area (Å²) in [4.78, 5) is 26.4. The Balaban J connectivity index is 1.30. The van der Waals surface area contributed by atoms with Crippen LogP contribution in [0.1, 0.15) is 85.7 Å². The van der Waals surface area contributed by atoms with Crippen LogP contribution in [0.4, 0.5) is 15.9 Å². The monoisotopic (exact) mass is 575 g/mol. The molecule has 4 N–H and O–H groups in total. The van der Waals surface area contributed by atoms with E-state index in [-0.39, 0.29) is 30.0 Å². The van der Waals surface area contributed by atoms with Gasteiger partial charge in [0.1, 0.15) is 36.3 Å². The van der Waals surface area contributed by atoms with Crippen molar-refractivity contribution in [1.82, 2.24) is 14.9 Å². The summed E-state index contributed by atoms with van der Waals surface area (Å²) in [6.45, 7) is 4.65. The van der Waals surface area contributed by atoms with E-state index in [1.54, 1.807) is 0 Å². The van der Waals surface area contributed by atoms with E-state index in [1.165, 1.54) is 0 Å². The van der Waals surface area contributed by atoms with Gasteiger partial charge in [-0.15, -0.1) is 0 Å². The molecule has 10 nitrogen and oxygen atoms in total. The van der Waals surface area contributed by atoms with Gasteiger partial charge in [0.25, 0.3) is 0 Å². The molecule has 0 bridgehead atoms. The van der Waals surface area contributed by atoms with Crippen molar-refractivity contribution in [3.8, 4) is 12.1 Å². The molecule has 3 saturated heterocycles. The summed E-state index contributed by atoms with van der Waals surface area (Å²) in [6, 6.07) is 5.92. The number of hydrogen-bond acceptors (Lipinski definition) is 9. The molecule has 7 rings (SSSR count). The number of nitrogen functional groups attached to an aromatic ring is 1. The number of anilines is 2. The van der Waals surface area contributed by atoms with E-state index >= 15 is 0 Å². The highest BCUT2D eigenvalue weighted by Gasteiger charge is 2.50. The molecule has 42 heavy (non-hydrogen) atoms. The minimum absolute atomic E-state index is 0.219. The van der Waals surface area contributed by atoms with Gasteiger partial charge in [0.15, 0.2) is 0 Å². The molecule has 0 radical (unpaired) electrons. The van der Waals surface area contributed by atoms with Crippen LogP contribution in [-0.4, -0.2) is 64.8 Å². The largest absolute Gasteiger partial charge is 0.461 e. The molecule has 222 valence electrons. The van der Waals surface area contributed by atoms with Crippen molar-refractivity contribution in [1.29, 1.82) is 5.26 Å². The number of nitriles is 1. The fourth-order valence-electron chi connectivity index (χ4n) is 8.29. The van der Waals surface area contributed by atoms with Gasteiger partial charge in [-0.1, -0.05) is 13.0 Å². The molecule has 1 aliphatic carbocycles. The van der Waals surface area contributed by atoms with Crippen molar-refractivity contribution in [3.05, 3.63) is 40.1 Å². The van der Waals surface area contributed by atoms with Crippen LogP contribution in [0.2, 0.25) is 0 Å². The molecule has 1 spiro atoms. The first-order valence-corrected chi connectivity index (χ1v) is 15.2. The van der Waals surface area contributed by atoms with Crippen LogP contribution in [0.15, 0.2) is 12.1 Å². The first kappa shape index (κ1) is 27.3. The molecule has 4 aliphatic heterocycles. The number of primary amides is 1. The van der Waals surface area contributed by atoms with Crippen molar-refractivity contribution in [2.24, 2.45) is 5.73 Å². The highest BCUT2D eigenvalue weighted by atomic mass is 19.1. The number of benzene rings is 1. The molecular formula is C31H38FN7O3. The average molecular weight is 576 g/mol. The third-order valence-electron chi connectivity index (χ3n) is 10.4. The van der Waals surface area contributed by atoms with Gasteiger partial charge in [0, 0.05) is 42.7 Å². The summed E-state index contributed by atoms with van der Waals surface area (Å²) in [5.74, 6) is 0.489. The zero-order chi connectivity index (χ0) is 29.2. The van der Waals surface area contributed by atoms with Crippen LogP contribution in [0.5, 0.6) is 6.01 Å². The molecule has 5 atom stereocenters. The van der Waals surface area contributed by atoms with Crippen LogP contribution < -0.4 is 21.1 Å². The topological polar surface area (TPSA) is 144 Å². The molecule has 11 heteroatoms. The van der Waals surface area contributed by atoms with Gasteiger partial charge in [0.05, 0.1) is 23.4 Å². The first-order chi connectivity index (χ1) is 20.2. The molecule has 5 heterocycles. The number of aromatic nitrogens is 2. The Kier molecular flexibility index (Phi) is 6.55. The van der Waals surface area contributed by atoms with Crippen molar-refractivity contribution < 1.29 is 18.7 Å². The number of rotatable bonds is 5. The van der Waals surface area contributed by atoms with Crippen molar-refractivity contribution in [3.63, 3.8) is 0 Å². The number of carbonyl (C=O) groups is 1. The summed E-state index contributed by atoms with van der Waals surface area (Å²) >= 11 is 0. The number of nitrogens with zero attached hydrogens (tertiary/aromatic N) is 5. The fourth-order valence-corrected chi connectivity index (χ4v) is 8.29. The van der Waals surface area contributed by atoms with Gasteiger partial charge in [-0.25, -0.2) is 4.39 Å². The number of carbonyl (C=O) groups excluding carboxylic acids is 1. The maximum Gasteiger partial charge on any atom is 0.318 e. The van der Waals surface area contributed by atoms with E-state index in [0.29, 0.717) is 56.0 Å².